The third kappa shape index (κ3) is 4.89. The highest BCUT2D eigenvalue weighted by molar-refractivity contribution is 7.10. The molecule has 3 aromatic rings. The average molecular weight is 424 g/mol. The lowest BCUT2D eigenvalue weighted by Crippen LogP contribution is -2.50. The fourth-order valence-electron chi connectivity index (χ4n) is 3.90. The molecule has 0 radical (unpaired) electrons. The smallest absolute Gasteiger partial charge is 0.234 e. The number of benzene rings is 2. The lowest BCUT2D eigenvalue weighted by Gasteiger charge is -2.36. The number of amides is 1. The van der Waals surface area contributed by atoms with Gasteiger partial charge in [0, 0.05) is 36.7 Å². The zero-order valence-electron chi connectivity index (χ0n) is 17.1. The molecule has 1 saturated heterocycles. The molecule has 1 aliphatic heterocycles. The van der Waals surface area contributed by atoms with Crippen LogP contribution in [0.3, 0.4) is 0 Å². The van der Waals surface area contributed by atoms with E-state index in [-0.39, 0.29) is 17.8 Å². The third-order valence-electron chi connectivity index (χ3n) is 5.53. The molecule has 0 saturated carbocycles. The molecule has 0 bridgehead atoms. The SMILES string of the molecule is Cc1ccccc1N1CCN(CC(=O)N[C@@H](c2ccc(F)cc2)c2cccs2)CC1. The second-order valence-electron chi connectivity index (χ2n) is 7.62. The van der Waals surface area contributed by atoms with Crippen LogP contribution in [0.5, 0.6) is 0 Å². The fourth-order valence-corrected chi connectivity index (χ4v) is 4.71. The van der Waals surface area contributed by atoms with Gasteiger partial charge in [0.2, 0.25) is 5.91 Å². The number of anilines is 1. The summed E-state index contributed by atoms with van der Waals surface area (Å²) in [5, 5.41) is 5.14. The molecule has 1 N–H and O–H groups in total. The van der Waals surface area contributed by atoms with E-state index in [1.807, 2.05) is 17.5 Å². The number of hydrogen-bond acceptors (Lipinski definition) is 4. The highest BCUT2D eigenvalue weighted by Gasteiger charge is 2.23. The van der Waals surface area contributed by atoms with Crippen LogP contribution in [-0.2, 0) is 4.79 Å². The predicted molar refractivity (Wildman–Crippen MR) is 121 cm³/mol. The molecule has 2 aromatic carbocycles. The Morgan fingerprint density at radius 1 is 1.03 bits per heavy atom. The first kappa shape index (κ1) is 20.6. The zero-order valence-corrected chi connectivity index (χ0v) is 17.9. The summed E-state index contributed by atoms with van der Waals surface area (Å²) in [4.78, 5) is 18.4. The number of rotatable bonds is 6. The van der Waals surface area contributed by atoms with Crippen LogP contribution < -0.4 is 10.2 Å². The third-order valence-corrected chi connectivity index (χ3v) is 6.47. The minimum atomic E-state index is -0.276. The van der Waals surface area contributed by atoms with Crippen molar-refractivity contribution in [1.82, 2.24) is 10.2 Å². The highest BCUT2D eigenvalue weighted by Crippen LogP contribution is 2.26. The first-order valence-electron chi connectivity index (χ1n) is 10.2. The van der Waals surface area contributed by atoms with Crippen LogP contribution >= 0.6 is 11.3 Å². The highest BCUT2D eigenvalue weighted by atomic mass is 32.1. The number of nitrogens with one attached hydrogen (secondary N) is 1. The molecule has 30 heavy (non-hydrogen) atoms. The van der Waals surface area contributed by atoms with Crippen LogP contribution in [0.15, 0.2) is 66.0 Å². The van der Waals surface area contributed by atoms with E-state index >= 15 is 0 Å². The maximum Gasteiger partial charge on any atom is 0.234 e. The number of carbonyl (C=O) groups is 1. The molecule has 0 aliphatic carbocycles. The lowest BCUT2D eigenvalue weighted by atomic mass is 10.1. The predicted octanol–water partition coefficient (Wildman–Crippen LogP) is 4.22. The Morgan fingerprint density at radius 3 is 2.43 bits per heavy atom. The molecular formula is C24H26FN3OS. The lowest BCUT2D eigenvalue weighted by molar-refractivity contribution is -0.122. The summed E-state index contributed by atoms with van der Waals surface area (Å²) in [6.45, 7) is 6.01. The summed E-state index contributed by atoms with van der Waals surface area (Å²) in [7, 11) is 0. The number of para-hydroxylation sites is 1. The van der Waals surface area contributed by atoms with E-state index in [0.717, 1.165) is 36.6 Å². The van der Waals surface area contributed by atoms with Crippen LogP contribution in [0.2, 0.25) is 0 Å². The van der Waals surface area contributed by atoms with Crippen molar-refractivity contribution < 1.29 is 9.18 Å². The summed E-state index contributed by atoms with van der Waals surface area (Å²) in [6.07, 6.45) is 0. The van der Waals surface area contributed by atoms with Crippen molar-refractivity contribution in [2.75, 3.05) is 37.6 Å². The molecule has 4 rings (SSSR count). The molecule has 0 unspecified atom stereocenters. The molecular weight excluding hydrogens is 397 g/mol. The summed E-state index contributed by atoms with van der Waals surface area (Å²) < 4.78 is 13.3. The van der Waals surface area contributed by atoms with Crippen molar-refractivity contribution in [2.24, 2.45) is 0 Å². The molecule has 2 heterocycles. The summed E-state index contributed by atoms with van der Waals surface area (Å²) in [5.74, 6) is -0.288. The zero-order chi connectivity index (χ0) is 20.9. The first-order valence-corrected chi connectivity index (χ1v) is 11.1. The maximum absolute atomic E-state index is 13.3. The van der Waals surface area contributed by atoms with Crippen molar-refractivity contribution in [3.8, 4) is 0 Å². The quantitative estimate of drug-likeness (QED) is 0.645. The second kappa shape index (κ2) is 9.41. The molecule has 1 aromatic heterocycles. The minimum absolute atomic E-state index is 0.0120. The molecule has 0 spiro atoms. The van der Waals surface area contributed by atoms with Gasteiger partial charge in [0.05, 0.1) is 12.6 Å². The number of nitrogens with zero attached hydrogens (tertiary/aromatic N) is 2. The van der Waals surface area contributed by atoms with Gasteiger partial charge in [0.1, 0.15) is 5.82 Å². The van der Waals surface area contributed by atoms with E-state index in [4.69, 9.17) is 0 Å². The summed E-state index contributed by atoms with van der Waals surface area (Å²) >= 11 is 1.59. The Hall–Kier alpha value is -2.70. The number of piperazine rings is 1. The topological polar surface area (TPSA) is 35.6 Å². The Balaban J connectivity index is 1.36. The Morgan fingerprint density at radius 2 is 1.77 bits per heavy atom. The molecule has 4 nitrogen and oxygen atoms in total. The van der Waals surface area contributed by atoms with Crippen LogP contribution in [0.1, 0.15) is 22.0 Å². The number of aryl methyl sites for hydroxylation is 1. The Bertz CT molecular complexity index is 966. The monoisotopic (exact) mass is 423 g/mol. The van der Waals surface area contributed by atoms with E-state index in [9.17, 15) is 9.18 Å². The largest absolute Gasteiger partial charge is 0.369 e. The van der Waals surface area contributed by atoms with Gasteiger partial charge in [0.25, 0.3) is 0 Å². The fraction of sp³-hybridized carbons (Fsp3) is 0.292. The van der Waals surface area contributed by atoms with Gasteiger partial charge in [0.15, 0.2) is 0 Å². The standard InChI is InChI=1S/C24H26FN3OS/c1-18-5-2-3-6-21(18)28-14-12-27(13-15-28)17-23(29)26-24(22-7-4-16-30-22)19-8-10-20(25)11-9-19/h2-11,16,24H,12-15,17H2,1H3,(H,26,29)/t24-/m0/s1. The first-order chi connectivity index (χ1) is 14.6. The van der Waals surface area contributed by atoms with Crippen molar-refractivity contribution in [3.63, 3.8) is 0 Å². The molecule has 1 fully saturated rings. The molecule has 6 heteroatoms. The second-order valence-corrected chi connectivity index (χ2v) is 8.60. The number of thiophene rings is 1. The van der Waals surface area contributed by atoms with Crippen molar-refractivity contribution in [1.29, 1.82) is 0 Å². The Labute approximate surface area is 180 Å². The molecule has 1 amide bonds. The number of hydrogen-bond donors (Lipinski definition) is 1. The van der Waals surface area contributed by atoms with E-state index in [2.05, 4.69) is 46.3 Å². The van der Waals surface area contributed by atoms with Crippen LogP contribution in [0.25, 0.3) is 0 Å². The molecule has 1 aliphatic rings. The normalized spacial score (nSPS) is 15.7. The number of carbonyl (C=O) groups excluding carboxylic acids is 1. The van der Waals surface area contributed by atoms with E-state index in [0.29, 0.717) is 6.54 Å². The van der Waals surface area contributed by atoms with Gasteiger partial charge < -0.3 is 10.2 Å². The van der Waals surface area contributed by atoms with Crippen LogP contribution in [0.4, 0.5) is 10.1 Å². The summed E-state index contributed by atoms with van der Waals surface area (Å²) in [6, 6.07) is 18.5. The van der Waals surface area contributed by atoms with Gasteiger partial charge in [-0.3, -0.25) is 9.69 Å². The minimum Gasteiger partial charge on any atom is -0.369 e. The summed E-state index contributed by atoms with van der Waals surface area (Å²) in [5.41, 5.74) is 3.44. The number of halogens is 1. The van der Waals surface area contributed by atoms with Crippen LogP contribution in [-0.4, -0.2) is 43.5 Å². The average Bonchev–Trinajstić information content (AvgIpc) is 3.28. The van der Waals surface area contributed by atoms with Gasteiger partial charge in [-0.2, -0.15) is 0 Å². The van der Waals surface area contributed by atoms with Crippen molar-refractivity contribution in [2.45, 2.75) is 13.0 Å². The van der Waals surface area contributed by atoms with Crippen molar-refractivity contribution >= 4 is 22.9 Å². The van der Waals surface area contributed by atoms with E-state index in [1.54, 1.807) is 23.5 Å². The van der Waals surface area contributed by atoms with Gasteiger partial charge in [-0.05, 0) is 47.7 Å². The maximum atomic E-state index is 13.3. The van der Waals surface area contributed by atoms with E-state index < -0.39 is 0 Å². The molecule has 1 atom stereocenters. The Kier molecular flexibility index (Phi) is 6.45. The van der Waals surface area contributed by atoms with Gasteiger partial charge >= 0.3 is 0 Å². The van der Waals surface area contributed by atoms with Gasteiger partial charge in [-0.25, -0.2) is 4.39 Å². The van der Waals surface area contributed by atoms with Crippen LogP contribution in [0, 0.1) is 12.7 Å². The van der Waals surface area contributed by atoms with Crippen molar-refractivity contribution in [3.05, 3.63) is 87.9 Å². The molecule has 156 valence electrons. The van der Waals surface area contributed by atoms with E-state index in [1.165, 1.54) is 23.4 Å². The van der Waals surface area contributed by atoms with Gasteiger partial charge in [-0.1, -0.05) is 36.4 Å². The van der Waals surface area contributed by atoms with Gasteiger partial charge in [-0.15, -0.1) is 11.3 Å².